The van der Waals surface area contributed by atoms with Crippen LogP contribution < -0.4 is 4.74 Å². The van der Waals surface area contributed by atoms with Gasteiger partial charge in [-0.3, -0.25) is 4.79 Å². The van der Waals surface area contributed by atoms with Gasteiger partial charge < -0.3 is 14.2 Å². The summed E-state index contributed by atoms with van der Waals surface area (Å²) in [4.78, 5) is 18.4. The lowest BCUT2D eigenvalue weighted by molar-refractivity contribution is 0.0769. The molecule has 6 nitrogen and oxygen atoms in total. The molecule has 110 valence electrons. The summed E-state index contributed by atoms with van der Waals surface area (Å²) >= 11 is 0. The van der Waals surface area contributed by atoms with Crippen LogP contribution in [0.1, 0.15) is 28.2 Å². The van der Waals surface area contributed by atoms with Gasteiger partial charge in [0.1, 0.15) is 17.4 Å². The molecule has 1 fully saturated rings. The number of aromatic nitrogens is 2. The van der Waals surface area contributed by atoms with Gasteiger partial charge in [0.15, 0.2) is 0 Å². The van der Waals surface area contributed by atoms with Gasteiger partial charge in [0.05, 0.1) is 12.7 Å². The lowest BCUT2D eigenvalue weighted by Crippen LogP contribution is -2.31. The Bertz CT molecular complexity index is 653. The average molecular weight is 287 g/mol. The molecule has 1 aliphatic heterocycles. The predicted octanol–water partition coefficient (Wildman–Crippen LogP) is 1.98. The van der Waals surface area contributed by atoms with E-state index < -0.39 is 0 Å². The molecule has 0 aromatic carbocycles. The van der Waals surface area contributed by atoms with Crippen molar-refractivity contribution in [2.45, 2.75) is 26.4 Å². The first kappa shape index (κ1) is 13.6. The van der Waals surface area contributed by atoms with Crippen molar-refractivity contribution in [3.63, 3.8) is 0 Å². The van der Waals surface area contributed by atoms with E-state index in [0.29, 0.717) is 30.3 Å². The normalized spacial score (nSPS) is 18.0. The summed E-state index contributed by atoms with van der Waals surface area (Å²) in [5.74, 6) is 1.09. The zero-order chi connectivity index (χ0) is 14.8. The fraction of sp³-hybridized carbons (Fsp3) is 0.400. The molecule has 2 aromatic rings. The SMILES string of the molecule is Cc1cccc(OC2CCN(C(=O)c3cnoc3C)C2)n1. The molecule has 2 aromatic heterocycles. The van der Waals surface area contributed by atoms with Crippen LogP contribution in [0.2, 0.25) is 0 Å². The molecule has 1 unspecified atom stereocenters. The van der Waals surface area contributed by atoms with E-state index in [9.17, 15) is 4.79 Å². The second-order valence-corrected chi connectivity index (χ2v) is 5.19. The number of ether oxygens (including phenoxy) is 1. The summed E-state index contributed by atoms with van der Waals surface area (Å²) in [6.07, 6.45) is 2.24. The van der Waals surface area contributed by atoms with Crippen LogP contribution >= 0.6 is 0 Å². The highest BCUT2D eigenvalue weighted by Crippen LogP contribution is 2.19. The Morgan fingerprint density at radius 2 is 2.29 bits per heavy atom. The van der Waals surface area contributed by atoms with E-state index in [1.165, 1.54) is 6.20 Å². The molecular formula is C15H17N3O3. The number of nitrogens with zero attached hydrogens (tertiary/aromatic N) is 3. The van der Waals surface area contributed by atoms with Gasteiger partial charge in [-0.25, -0.2) is 4.98 Å². The monoisotopic (exact) mass is 287 g/mol. The number of amides is 1. The van der Waals surface area contributed by atoms with Crippen molar-refractivity contribution < 1.29 is 14.1 Å². The first-order valence-corrected chi connectivity index (χ1v) is 6.94. The Labute approximate surface area is 122 Å². The topological polar surface area (TPSA) is 68.5 Å². The molecule has 0 aliphatic carbocycles. The molecule has 3 heterocycles. The standard InChI is InChI=1S/C15H17N3O3/c1-10-4-3-5-14(17-10)20-12-6-7-18(9-12)15(19)13-8-16-21-11(13)2/h3-5,8,12H,6-7,9H2,1-2H3. The number of carbonyl (C=O) groups excluding carboxylic acids is 1. The Balaban J connectivity index is 1.63. The molecule has 0 bridgehead atoms. The number of hydrogen-bond acceptors (Lipinski definition) is 5. The zero-order valence-electron chi connectivity index (χ0n) is 12.1. The van der Waals surface area contributed by atoms with Crippen molar-refractivity contribution in [3.05, 3.63) is 41.4 Å². The third kappa shape index (κ3) is 2.89. The molecule has 0 saturated carbocycles. The zero-order valence-corrected chi connectivity index (χ0v) is 12.1. The summed E-state index contributed by atoms with van der Waals surface area (Å²) in [5.41, 5.74) is 1.43. The Kier molecular flexibility index (Phi) is 3.60. The molecule has 3 rings (SSSR count). The van der Waals surface area contributed by atoms with Crippen molar-refractivity contribution in [1.82, 2.24) is 15.0 Å². The number of hydrogen-bond donors (Lipinski definition) is 0. The van der Waals surface area contributed by atoms with Gasteiger partial charge in [-0.05, 0) is 19.9 Å². The van der Waals surface area contributed by atoms with Crippen LogP contribution in [-0.4, -0.2) is 40.1 Å². The van der Waals surface area contributed by atoms with Crippen LogP contribution in [0.3, 0.4) is 0 Å². The average Bonchev–Trinajstić information content (AvgIpc) is 3.07. The van der Waals surface area contributed by atoms with E-state index in [0.717, 1.165) is 12.1 Å². The number of likely N-dealkylation sites (tertiary alicyclic amines) is 1. The minimum absolute atomic E-state index is 0.0246. The van der Waals surface area contributed by atoms with Crippen molar-refractivity contribution in [2.24, 2.45) is 0 Å². The van der Waals surface area contributed by atoms with Crippen molar-refractivity contribution in [3.8, 4) is 5.88 Å². The second kappa shape index (κ2) is 5.55. The lowest BCUT2D eigenvalue weighted by atomic mass is 10.2. The third-order valence-electron chi connectivity index (χ3n) is 3.56. The maximum atomic E-state index is 12.3. The van der Waals surface area contributed by atoms with Crippen LogP contribution in [-0.2, 0) is 0 Å². The summed E-state index contributed by atoms with van der Waals surface area (Å²) in [7, 11) is 0. The van der Waals surface area contributed by atoms with Crippen LogP contribution in [0.5, 0.6) is 5.88 Å². The molecular weight excluding hydrogens is 270 g/mol. The number of rotatable bonds is 3. The molecule has 1 atom stereocenters. The van der Waals surface area contributed by atoms with Crippen LogP contribution in [0.15, 0.2) is 28.9 Å². The predicted molar refractivity (Wildman–Crippen MR) is 75.2 cm³/mol. The number of carbonyl (C=O) groups is 1. The smallest absolute Gasteiger partial charge is 0.259 e. The molecule has 0 N–H and O–H groups in total. The van der Waals surface area contributed by atoms with Gasteiger partial charge >= 0.3 is 0 Å². The fourth-order valence-electron chi connectivity index (χ4n) is 2.44. The number of aryl methyl sites for hydroxylation is 2. The van der Waals surface area contributed by atoms with Crippen LogP contribution in [0, 0.1) is 13.8 Å². The highest BCUT2D eigenvalue weighted by Gasteiger charge is 2.30. The Hall–Kier alpha value is -2.37. The third-order valence-corrected chi connectivity index (χ3v) is 3.56. The molecule has 1 saturated heterocycles. The van der Waals surface area contributed by atoms with Crippen molar-refractivity contribution in [2.75, 3.05) is 13.1 Å². The quantitative estimate of drug-likeness (QED) is 0.863. The van der Waals surface area contributed by atoms with Gasteiger partial charge in [0.25, 0.3) is 5.91 Å². The van der Waals surface area contributed by atoms with Gasteiger partial charge in [0.2, 0.25) is 5.88 Å². The van der Waals surface area contributed by atoms with Crippen LogP contribution in [0.25, 0.3) is 0 Å². The second-order valence-electron chi connectivity index (χ2n) is 5.19. The van der Waals surface area contributed by atoms with E-state index in [2.05, 4.69) is 10.1 Å². The first-order valence-electron chi connectivity index (χ1n) is 6.94. The molecule has 1 aliphatic rings. The fourth-order valence-corrected chi connectivity index (χ4v) is 2.44. The summed E-state index contributed by atoms with van der Waals surface area (Å²) < 4.78 is 10.8. The van der Waals surface area contributed by atoms with Crippen molar-refractivity contribution in [1.29, 1.82) is 0 Å². The minimum Gasteiger partial charge on any atom is -0.472 e. The van der Waals surface area contributed by atoms with E-state index >= 15 is 0 Å². The van der Waals surface area contributed by atoms with E-state index in [-0.39, 0.29) is 12.0 Å². The summed E-state index contributed by atoms with van der Waals surface area (Å²) in [5, 5.41) is 3.65. The van der Waals surface area contributed by atoms with Crippen molar-refractivity contribution >= 4 is 5.91 Å². The Morgan fingerprint density at radius 1 is 1.43 bits per heavy atom. The lowest BCUT2D eigenvalue weighted by Gasteiger charge is -2.16. The largest absolute Gasteiger partial charge is 0.472 e. The van der Waals surface area contributed by atoms with Gasteiger partial charge in [-0.15, -0.1) is 0 Å². The maximum Gasteiger partial charge on any atom is 0.259 e. The number of pyridine rings is 1. The molecule has 0 spiro atoms. The summed E-state index contributed by atoms with van der Waals surface area (Å²) in [6.45, 7) is 4.88. The van der Waals surface area contributed by atoms with Gasteiger partial charge in [0, 0.05) is 24.7 Å². The molecule has 1 amide bonds. The molecule has 0 radical (unpaired) electrons. The minimum atomic E-state index is -0.0583. The van der Waals surface area contributed by atoms with Gasteiger partial charge in [-0.1, -0.05) is 11.2 Å². The highest BCUT2D eigenvalue weighted by molar-refractivity contribution is 5.94. The first-order chi connectivity index (χ1) is 10.1. The van der Waals surface area contributed by atoms with E-state index in [4.69, 9.17) is 9.26 Å². The molecule has 21 heavy (non-hydrogen) atoms. The highest BCUT2D eigenvalue weighted by atomic mass is 16.5. The summed E-state index contributed by atoms with van der Waals surface area (Å²) in [6, 6.07) is 5.67. The van der Waals surface area contributed by atoms with E-state index in [1.54, 1.807) is 11.8 Å². The van der Waals surface area contributed by atoms with E-state index in [1.807, 2.05) is 25.1 Å². The molecule has 6 heteroatoms. The Morgan fingerprint density at radius 3 is 3.00 bits per heavy atom. The van der Waals surface area contributed by atoms with Crippen LogP contribution in [0.4, 0.5) is 0 Å². The van der Waals surface area contributed by atoms with Gasteiger partial charge in [-0.2, -0.15) is 0 Å². The maximum absolute atomic E-state index is 12.3.